The predicted octanol–water partition coefficient (Wildman–Crippen LogP) is 0.913. The molecule has 0 aliphatic heterocycles. The molecule has 60 valence electrons. The van der Waals surface area contributed by atoms with Gasteiger partial charge in [-0.15, -0.1) is 0 Å². The molecular formula is C2Cl2F2O3S. The summed E-state index contributed by atoms with van der Waals surface area (Å²) in [5, 5.41) is 0. The summed E-state index contributed by atoms with van der Waals surface area (Å²) in [4.78, 5) is 9.47. The van der Waals surface area contributed by atoms with Crippen molar-refractivity contribution in [1.29, 1.82) is 0 Å². The Morgan fingerprint density at radius 3 is 1.80 bits per heavy atom. The van der Waals surface area contributed by atoms with E-state index in [9.17, 15) is 22.0 Å². The van der Waals surface area contributed by atoms with Crippen molar-refractivity contribution in [1.82, 2.24) is 0 Å². The van der Waals surface area contributed by atoms with E-state index in [1.54, 1.807) is 0 Å². The molecule has 0 saturated heterocycles. The van der Waals surface area contributed by atoms with Gasteiger partial charge in [0.15, 0.2) is 0 Å². The van der Waals surface area contributed by atoms with Crippen LogP contribution in [0, 0.1) is 0 Å². The van der Waals surface area contributed by atoms with Gasteiger partial charge < -0.3 is 0 Å². The summed E-state index contributed by atoms with van der Waals surface area (Å²) in [5.41, 5.74) is 0. The molecule has 0 aliphatic rings. The Morgan fingerprint density at radius 2 is 1.80 bits per heavy atom. The second-order valence-electron chi connectivity index (χ2n) is 1.23. The lowest BCUT2D eigenvalue weighted by atomic mass is 10.8. The maximum absolute atomic E-state index is 12.0. The first kappa shape index (κ1) is 10.1. The molecule has 0 radical (unpaired) electrons. The fourth-order valence-electron chi connectivity index (χ4n) is 0.0958. The predicted molar refractivity (Wildman–Crippen MR) is 30.6 cm³/mol. The lowest BCUT2D eigenvalue weighted by molar-refractivity contribution is -0.133. The van der Waals surface area contributed by atoms with Crippen LogP contribution in [0.4, 0.5) is 8.78 Å². The number of hydrogen-bond donors (Lipinski definition) is 0. The molecule has 0 amide bonds. The molecule has 0 heterocycles. The highest BCUT2D eigenvalue weighted by atomic mass is 35.7. The Morgan fingerprint density at radius 1 is 1.50 bits per heavy atom. The number of alkyl halides is 2. The number of carbonyl (C=O) groups is 1. The second-order valence-corrected chi connectivity index (χ2v) is 4.63. The smallest absolute Gasteiger partial charge is 0.254 e. The zero-order valence-electron chi connectivity index (χ0n) is 4.14. The Kier molecular flexibility index (Phi) is 2.61. The van der Waals surface area contributed by atoms with Gasteiger partial charge in [-0.3, -0.25) is 4.79 Å². The van der Waals surface area contributed by atoms with Crippen LogP contribution in [0.5, 0.6) is 0 Å². The van der Waals surface area contributed by atoms with Gasteiger partial charge in [-0.1, -0.05) is 11.6 Å². The fraction of sp³-hybridized carbons (Fsp3) is 0.500. The van der Waals surface area contributed by atoms with Crippen molar-refractivity contribution in [3.05, 3.63) is 0 Å². The van der Waals surface area contributed by atoms with Crippen molar-refractivity contribution in [2.75, 3.05) is 0 Å². The highest BCUT2D eigenvalue weighted by molar-refractivity contribution is 8.16. The molecule has 1 atom stereocenters. The van der Waals surface area contributed by atoms with Crippen LogP contribution < -0.4 is 0 Å². The molecule has 0 spiro atoms. The third-order valence-corrected chi connectivity index (χ3v) is 2.94. The maximum atomic E-state index is 12.0. The first-order valence-electron chi connectivity index (χ1n) is 1.71. The third-order valence-electron chi connectivity index (χ3n) is 0.535. The first-order valence-corrected chi connectivity index (χ1v) is 4.40. The minimum absolute atomic E-state index is 2.86. The van der Waals surface area contributed by atoms with E-state index in [2.05, 4.69) is 22.3 Å². The Bertz CT molecular complexity index is 245. The van der Waals surface area contributed by atoms with Crippen LogP contribution >= 0.6 is 22.3 Å². The van der Waals surface area contributed by atoms with Crippen molar-refractivity contribution in [3.8, 4) is 0 Å². The van der Waals surface area contributed by atoms with Gasteiger partial charge in [0.25, 0.3) is 9.05 Å². The van der Waals surface area contributed by atoms with E-state index in [0.29, 0.717) is 0 Å². The molecule has 0 rings (SSSR count). The summed E-state index contributed by atoms with van der Waals surface area (Å²) >= 11 is 4.24. The van der Waals surface area contributed by atoms with E-state index < -0.39 is 19.5 Å². The Balaban J connectivity index is 4.95. The van der Waals surface area contributed by atoms with E-state index >= 15 is 0 Å². The van der Waals surface area contributed by atoms with Gasteiger partial charge >= 0.3 is 10.5 Å². The standard InChI is InChI=1S/C2Cl2F2O3S/c3-2(6,1(5)7)10(4,8)9. The van der Waals surface area contributed by atoms with Gasteiger partial charge in [-0.05, 0) is 0 Å². The molecule has 0 fully saturated rings. The Labute approximate surface area is 64.3 Å². The van der Waals surface area contributed by atoms with Gasteiger partial charge in [0.2, 0.25) is 0 Å². The largest absolute Gasteiger partial charge is 0.386 e. The lowest BCUT2D eigenvalue weighted by Gasteiger charge is -2.04. The van der Waals surface area contributed by atoms with Crippen LogP contribution in [0.2, 0.25) is 0 Å². The van der Waals surface area contributed by atoms with Crippen LogP contribution in [0.1, 0.15) is 0 Å². The van der Waals surface area contributed by atoms with E-state index in [-0.39, 0.29) is 0 Å². The molecule has 10 heavy (non-hydrogen) atoms. The lowest BCUT2D eigenvalue weighted by Crippen LogP contribution is -2.30. The van der Waals surface area contributed by atoms with Crippen LogP contribution in [-0.2, 0) is 13.8 Å². The van der Waals surface area contributed by atoms with Crippen LogP contribution in [0.3, 0.4) is 0 Å². The van der Waals surface area contributed by atoms with Gasteiger partial charge in [-0.25, -0.2) is 8.42 Å². The molecule has 0 aliphatic carbocycles. The summed E-state index contributed by atoms with van der Waals surface area (Å²) in [6.07, 6.45) is 0. The molecule has 0 N–H and O–H groups in total. The molecule has 0 aromatic rings. The van der Waals surface area contributed by atoms with Gasteiger partial charge in [0.1, 0.15) is 0 Å². The zero-order chi connectivity index (χ0) is 8.58. The van der Waals surface area contributed by atoms with Gasteiger partial charge in [-0.2, -0.15) is 8.78 Å². The van der Waals surface area contributed by atoms with Crippen molar-refractivity contribution >= 4 is 37.4 Å². The normalized spacial score (nSPS) is 18.0. The highest BCUT2D eigenvalue weighted by Crippen LogP contribution is 2.29. The van der Waals surface area contributed by atoms with Crippen molar-refractivity contribution < 1.29 is 22.0 Å². The van der Waals surface area contributed by atoms with Crippen LogP contribution in [0.15, 0.2) is 0 Å². The first-order chi connectivity index (χ1) is 4.19. The van der Waals surface area contributed by atoms with Crippen molar-refractivity contribution in [2.45, 2.75) is 4.46 Å². The van der Waals surface area contributed by atoms with Crippen molar-refractivity contribution in [2.24, 2.45) is 0 Å². The van der Waals surface area contributed by atoms with E-state index in [4.69, 9.17) is 0 Å². The highest BCUT2D eigenvalue weighted by Gasteiger charge is 2.50. The molecule has 3 nitrogen and oxygen atoms in total. The molecule has 8 heteroatoms. The summed E-state index contributed by atoms with van der Waals surface area (Å²) in [7, 11) is -0.831. The monoisotopic (exact) mass is 212 g/mol. The van der Waals surface area contributed by atoms with Gasteiger partial charge in [0, 0.05) is 10.7 Å². The van der Waals surface area contributed by atoms with Gasteiger partial charge in [0.05, 0.1) is 0 Å². The fourth-order valence-corrected chi connectivity index (χ4v) is 0.470. The third kappa shape index (κ3) is 1.77. The summed E-state index contributed by atoms with van der Waals surface area (Å²) in [5.74, 6) is 0. The SMILES string of the molecule is O=C(F)C(F)(Cl)S(=O)(=O)Cl. The average Bonchev–Trinajstić information content (AvgIpc) is 1.62. The molecule has 0 saturated carbocycles. The topological polar surface area (TPSA) is 51.2 Å². The second kappa shape index (κ2) is 2.60. The molecule has 0 aromatic heterocycles. The molecule has 0 aromatic carbocycles. The average molecular weight is 213 g/mol. The Hall–Kier alpha value is 0.0600. The van der Waals surface area contributed by atoms with E-state index in [0.717, 1.165) is 0 Å². The summed E-state index contributed by atoms with van der Waals surface area (Å²) in [6.45, 7) is 0. The van der Waals surface area contributed by atoms with E-state index in [1.807, 2.05) is 0 Å². The van der Waals surface area contributed by atoms with E-state index in [1.165, 1.54) is 0 Å². The number of halogens is 4. The van der Waals surface area contributed by atoms with Crippen LogP contribution in [0.25, 0.3) is 0 Å². The number of hydrogen-bond acceptors (Lipinski definition) is 3. The number of rotatable bonds is 2. The quantitative estimate of drug-likeness (QED) is 0.506. The van der Waals surface area contributed by atoms with Crippen LogP contribution in [-0.4, -0.2) is 18.9 Å². The number of carbonyl (C=O) groups excluding carboxylic acids is 1. The summed E-state index contributed by atoms with van der Waals surface area (Å²) in [6, 6.07) is -2.86. The molecule has 1 unspecified atom stereocenters. The zero-order valence-corrected chi connectivity index (χ0v) is 6.47. The summed E-state index contributed by atoms with van der Waals surface area (Å²) < 4.78 is 39.0. The maximum Gasteiger partial charge on any atom is 0.386 e. The molecule has 0 bridgehead atoms. The van der Waals surface area contributed by atoms with Crippen molar-refractivity contribution in [3.63, 3.8) is 0 Å². The minimum Gasteiger partial charge on any atom is -0.254 e. The minimum atomic E-state index is -5.06. The molecular weight excluding hydrogens is 213 g/mol.